The minimum atomic E-state index is 0.154. The Bertz CT molecular complexity index is 1560. The molecule has 0 amide bonds. The lowest BCUT2D eigenvalue weighted by Gasteiger charge is -2.19. The smallest absolute Gasteiger partial charge is 0.0548 e. The van der Waals surface area contributed by atoms with Crippen molar-refractivity contribution < 1.29 is 0 Å². The van der Waals surface area contributed by atoms with Gasteiger partial charge in [-0.2, -0.15) is 0 Å². The Morgan fingerprint density at radius 3 is 2.07 bits per heavy atom. The fraction of sp³-hybridized carbons (Fsp3) is 0.143. The van der Waals surface area contributed by atoms with Gasteiger partial charge in [0.25, 0.3) is 0 Å². The molecule has 30 heavy (non-hydrogen) atoms. The lowest BCUT2D eigenvalue weighted by molar-refractivity contribution is 0.590. The van der Waals surface area contributed by atoms with Crippen LogP contribution in [0.15, 0.2) is 84.9 Å². The number of nitrogens with zero attached hydrogens (tertiary/aromatic N) is 1. The Balaban J connectivity index is 1.71. The van der Waals surface area contributed by atoms with Gasteiger partial charge in [-0.05, 0) is 47.4 Å². The van der Waals surface area contributed by atoms with Gasteiger partial charge in [0, 0.05) is 36.6 Å². The van der Waals surface area contributed by atoms with Crippen LogP contribution in [0.1, 0.15) is 26.3 Å². The van der Waals surface area contributed by atoms with E-state index in [1.165, 1.54) is 53.2 Å². The zero-order chi connectivity index (χ0) is 20.5. The van der Waals surface area contributed by atoms with Crippen molar-refractivity contribution in [2.45, 2.75) is 26.2 Å². The molecule has 0 aliphatic heterocycles. The predicted molar refractivity (Wildman–Crippen MR) is 132 cm³/mol. The maximum absolute atomic E-state index is 2.42. The third kappa shape index (κ3) is 2.54. The van der Waals surface area contributed by atoms with Crippen molar-refractivity contribution in [3.05, 3.63) is 90.5 Å². The number of hydrogen-bond donors (Lipinski definition) is 0. The average molecular weight is 406 g/mol. The Morgan fingerprint density at radius 2 is 1.30 bits per heavy atom. The summed E-state index contributed by atoms with van der Waals surface area (Å²) in [5.41, 5.74) is 5.27. The second-order valence-corrected chi connectivity index (χ2v) is 10.2. The van der Waals surface area contributed by atoms with Crippen molar-refractivity contribution in [1.82, 2.24) is 4.57 Å². The molecule has 0 unspecified atom stereocenters. The van der Waals surface area contributed by atoms with Crippen LogP contribution in [-0.4, -0.2) is 4.57 Å². The van der Waals surface area contributed by atoms with Gasteiger partial charge in [-0.15, -0.1) is 11.3 Å². The highest BCUT2D eigenvalue weighted by Crippen LogP contribution is 2.40. The van der Waals surface area contributed by atoms with E-state index in [9.17, 15) is 0 Å². The van der Waals surface area contributed by atoms with Crippen LogP contribution in [0.2, 0.25) is 0 Å². The molecule has 1 nitrogen and oxygen atoms in total. The highest BCUT2D eigenvalue weighted by Gasteiger charge is 2.17. The molecule has 6 aromatic rings. The monoisotopic (exact) mass is 405 g/mol. The number of benzene rings is 4. The predicted octanol–water partition coefficient (Wildman–Crippen LogP) is 8.45. The summed E-state index contributed by atoms with van der Waals surface area (Å²) in [6.07, 6.45) is 0. The SMILES string of the molecule is CC(C)(C)c1ccc(-n2c3ccccc3c3cc4sc5ccccc5c4cc32)cc1. The molecule has 0 saturated carbocycles. The van der Waals surface area contributed by atoms with Crippen molar-refractivity contribution in [2.75, 3.05) is 0 Å². The Labute approximate surface area is 180 Å². The third-order valence-electron chi connectivity index (χ3n) is 6.16. The molecule has 2 heteroatoms. The molecule has 0 fully saturated rings. The second kappa shape index (κ2) is 6.20. The molecule has 0 bridgehead atoms. The van der Waals surface area contributed by atoms with Crippen molar-refractivity contribution in [1.29, 1.82) is 0 Å². The summed E-state index contributed by atoms with van der Waals surface area (Å²) in [7, 11) is 0. The number of aromatic nitrogens is 1. The zero-order valence-electron chi connectivity index (χ0n) is 17.4. The van der Waals surface area contributed by atoms with E-state index in [0.29, 0.717) is 0 Å². The summed E-state index contributed by atoms with van der Waals surface area (Å²) < 4.78 is 5.13. The fourth-order valence-electron chi connectivity index (χ4n) is 4.58. The molecule has 0 spiro atoms. The van der Waals surface area contributed by atoms with E-state index in [1.54, 1.807) is 0 Å². The van der Waals surface area contributed by atoms with E-state index < -0.39 is 0 Å². The van der Waals surface area contributed by atoms with Crippen molar-refractivity contribution in [2.24, 2.45) is 0 Å². The van der Waals surface area contributed by atoms with Crippen LogP contribution in [0.4, 0.5) is 0 Å². The van der Waals surface area contributed by atoms with Crippen molar-refractivity contribution in [3.63, 3.8) is 0 Å². The highest BCUT2D eigenvalue weighted by molar-refractivity contribution is 7.25. The Kier molecular flexibility index (Phi) is 3.66. The minimum Gasteiger partial charge on any atom is -0.309 e. The molecule has 0 aliphatic rings. The second-order valence-electron chi connectivity index (χ2n) is 9.11. The summed E-state index contributed by atoms with van der Waals surface area (Å²) in [6, 6.07) is 31.3. The summed E-state index contributed by atoms with van der Waals surface area (Å²) in [5.74, 6) is 0. The van der Waals surface area contributed by atoms with Gasteiger partial charge in [0.2, 0.25) is 0 Å². The molecule has 0 atom stereocenters. The van der Waals surface area contributed by atoms with Crippen LogP contribution in [0.3, 0.4) is 0 Å². The minimum absolute atomic E-state index is 0.154. The largest absolute Gasteiger partial charge is 0.309 e. The van der Waals surface area contributed by atoms with Gasteiger partial charge >= 0.3 is 0 Å². The first-order chi connectivity index (χ1) is 14.5. The summed E-state index contributed by atoms with van der Waals surface area (Å²) in [5, 5.41) is 5.33. The van der Waals surface area contributed by atoms with Gasteiger partial charge < -0.3 is 4.57 Å². The summed E-state index contributed by atoms with van der Waals surface area (Å²) in [4.78, 5) is 0. The first-order valence-corrected chi connectivity index (χ1v) is 11.3. The molecule has 2 heterocycles. The van der Waals surface area contributed by atoms with Crippen LogP contribution in [0.5, 0.6) is 0 Å². The first kappa shape index (κ1) is 17.7. The van der Waals surface area contributed by atoms with Crippen molar-refractivity contribution >= 4 is 53.3 Å². The summed E-state index contributed by atoms with van der Waals surface area (Å²) in [6.45, 7) is 6.79. The van der Waals surface area contributed by atoms with Crippen LogP contribution < -0.4 is 0 Å². The van der Waals surface area contributed by atoms with E-state index >= 15 is 0 Å². The number of fused-ring (bicyclic) bond motifs is 6. The topological polar surface area (TPSA) is 4.93 Å². The molecule has 4 aromatic carbocycles. The normalized spacial score (nSPS) is 12.5. The molecule has 146 valence electrons. The Morgan fingerprint density at radius 1 is 0.600 bits per heavy atom. The van der Waals surface area contributed by atoms with Gasteiger partial charge in [-0.25, -0.2) is 0 Å². The van der Waals surface area contributed by atoms with E-state index in [0.717, 1.165) is 0 Å². The van der Waals surface area contributed by atoms with Gasteiger partial charge in [-0.3, -0.25) is 0 Å². The van der Waals surface area contributed by atoms with Gasteiger partial charge in [0.15, 0.2) is 0 Å². The van der Waals surface area contributed by atoms with Crippen molar-refractivity contribution in [3.8, 4) is 5.69 Å². The number of hydrogen-bond acceptors (Lipinski definition) is 1. The van der Waals surface area contributed by atoms with Gasteiger partial charge in [0.1, 0.15) is 0 Å². The highest BCUT2D eigenvalue weighted by atomic mass is 32.1. The van der Waals surface area contributed by atoms with E-state index in [4.69, 9.17) is 0 Å². The van der Waals surface area contributed by atoms with Crippen LogP contribution in [0, 0.1) is 0 Å². The molecule has 0 radical (unpaired) electrons. The van der Waals surface area contributed by atoms with Crippen LogP contribution >= 0.6 is 11.3 Å². The number of rotatable bonds is 1. The molecule has 2 aromatic heterocycles. The maximum Gasteiger partial charge on any atom is 0.0548 e. The van der Waals surface area contributed by atoms with Crippen LogP contribution in [0.25, 0.3) is 47.7 Å². The Hall–Kier alpha value is -3.10. The molecular formula is C28H23NS. The number of para-hydroxylation sites is 1. The molecular weight excluding hydrogens is 382 g/mol. The zero-order valence-corrected chi connectivity index (χ0v) is 18.3. The average Bonchev–Trinajstić information content (AvgIpc) is 3.27. The maximum atomic E-state index is 2.42. The van der Waals surface area contributed by atoms with Crippen LogP contribution in [-0.2, 0) is 5.41 Å². The first-order valence-electron chi connectivity index (χ1n) is 10.5. The van der Waals surface area contributed by atoms with E-state index in [2.05, 4.69) is 110 Å². The van der Waals surface area contributed by atoms with Gasteiger partial charge in [0.05, 0.1) is 11.0 Å². The van der Waals surface area contributed by atoms with Gasteiger partial charge in [-0.1, -0.05) is 69.3 Å². The lowest BCUT2D eigenvalue weighted by atomic mass is 9.87. The standard InChI is InChI=1S/C28H23NS/c1-28(2,3)18-12-14-19(15-13-18)29-24-10-6-4-8-20(24)22-17-27-23(16-25(22)29)21-9-5-7-11-26(21)30-27/h4-17H,1-3H3. The summed E-state index contributed by atoms with van der Waals surface area (Å²) >= 11 is 1.89. The molecule has 0 aliphatic carbocycles. The lowest BCUT2D eigenvalue weighted by Crippen LogP contribution is -2.10. The molecule has 6 rings (SSSR count). The van der Waals surface area contributed by atoms with E-state index in [1.807, 2.05) is 11.3 Å². The van der Waals surface area contributed by atoms with E-state index in [-0.39, 0.29) is 5.41 Å². The number of thiophene rings is 1. The quantitative estimate of drug-likeness (QED) is 0.258. The molecule has 0 saturated heterocycles. The third-order valence-corrected chi connectivity index (χ3v) is 7.30. The fourth-order valence-corrected chi connectivity index (χ4v) is 5.70. The molecule has 0 N–H and O–H groups in total.